The van der Waals surface area contributed by atoms with Crippen LogP contribution >= 0.6 is 0 Å². The first-order valence-corrected chi connectivity index (χ1v) is 24.2. The summed E-state index contributed by atoms with van der Waals surface area (Å²) in [6.07, 6.45) is 0. The Morgan fingerprint density at radius 3 is 0.754 bits per heavy atom. The van der Waals surface area contributed by atoms with Crippen LogP contribution in [0.3, 0.4) is 0 Å². The maximum atomic E-state index is 7.01. The van der Waals surface area contributed by atoms with Crippen molar-refractivity contribution in [1.29, 1.82) is 0 Å². The molecule has 1 heteroatoms. The van der Waals surface area contributed by atoms with E-state index in [0.717, 1.165) is 44.9 Å². The van der Waals surface area contributed by atoms with Gasteiger partial charge in [0.15, 0.2) is 0 Å². The lowest BCUT2D eigenvalue weighted by Crippen LogP contribution is -2.25. The van der Waals surface area contributed by atoms with Crippen molar-refractivity contribution in [3.8, 4) is 101 Å². The summed E-state index contributed by atoms with van der Waals surface area (Å²) in [5.74, 6) is 1.72. The third-order valence-electron chi connectivity index (χ3n) is 16.3. The molecule has 0 unspecified atom stereocenters. The topological polar surface area (TPSA) is 9.23 Å². The predicted molar refractivity (Wildman–Crippen MR) is 281 cm³/mol. The van der Waals surface area contributed by atoms with Crippen LogP contribution in [-0.2, 0) is 10.8 Å². The Kier molecular flexibility index (Phi) is 7.27. The Morgan fingerprint density at radius 2 is 0.435 bits per heavy atom. The second kappa shape index (κ2) is 13.4. The standard InChI is InChI=1S/C68H40O/c1-2-16-46-45(15-1)55-37-41(43-29-33-53-51-21-7-13-27-61(51)67(63(53)39-43)57-23-9-3-17-47(57)48-18-4-10-24-58(48)67)31-35-65(55)69-66-36-32-42(38-56(46)66)44-30-34-54-52-22-8-14-28-62(52)68(64(54)40-44)59-25-11-5-19-49(59)50-20-6-12-26-60(50)68/h1-40H. The fourth-order valence-electron chi connectivity index (χ4n) is 13.6. The summed E-state index contributed by atoms with van der Waals surface area (Å²) in [5.41, 5.74) is 29.7. The van der Waals surface area contributed by atoms with E-state index in [-0.39, 0.29) is 0 Å². The van der Waals surface area contributed by atoms with Gasteiger partial charge in [-0.1, -0.05) is 206 Å². The molecule has 1 nitrogen and oxygen atoms in total. The first kappa shape index (κ1) is 37.3. The van der Waals surface area contributed by atoms with Crippen LogP contribution in [0.2, 0.25) is 0 Å². The zero-order valence-electron chi connectivity index (χ0n) is 37.5. The van der Waals surface area contributed by atoms with Crippen molar-refractivity contribution >= 4 is 0 Å². The first-order chi connectivity index (χ1) is 34.2. The number of hydrogen-bond donors (Lipinski definition) is 0. The van der Waals surface area contributed by atoms with Crippen LogP contribution in [0.4, 0.5) is 0 Å². The monoisotopic (exact) mass is 872 g/mol. The third-order valence-corrected chi connectivity index (χ3v) is 16.3. The Morgan fingerprint density at radius 1 is 0.188 bits per heavy atom. The minimum absolute atomic E-state index is 0.397. The van der Waals surface area contributed by atoms with E-state index in [1.165, 1.54) is 100 Å². The number of benzene rings is 11. The molecule has 0 N–H and O–H groups in total. The molecule has 69 heavy (non-hydrogen) atoms. The van der Waals surface area contributed by atoms with Crippen molar-refractivity contribution in [2.75, 3.05) is 0 Å². The highest BCUT2D eigenvalue weighted by Crippen LogP contribution is 2.65. The maximum Gasteiger partial charge on any atom is 0.135 e. The molecule has 0 saturated carbocycles. The van der Waals surface area contributed by atoms with Crippen LogP contribution in [0.15, 0.2) is 243 Å². The highest BCUT2D eigenvalue weighted by molar-refractivity contribution is 5.99. The smallest absolute Gasteiger partial charge is 0.135 e. The molecule has 5 aliphatic rings. The fraction of sp³-hybridized carbons (Fsp3) is 0.0294. The van der Waals surface area contributed by atoms with E-state index in [9.17, 15) is 0 Å². The van der Waals surface area contributed by atoms with Gasteiger partial charge in [0.1, 0.15) is 11.5 Å². The molecule has 0 atom stereocenters. The molecule has 318 valence electrons. The van der Waals surface area contributed by atoms with Crippen molar-refractivity contribution in [2.24, 2.45) is 0 Å². The second-order valence-corrected chi connectivity index (χ2v) is 19.4. The van der Waals surface area contributed by atoms with Crippen molar-refractivity contribution in [2.45, 2.75) is 10.8 Å². The van der Waals surface area contributed by atoms with Gasteiger partial charge in [-0.15, -0.1) is 0 Å². The van der Waals surface area contributed by atoms with E-state index in [2.05, 4.69) is 243 Å². The van der Waals surface area contributed by atoms with E-state index in [1.54, 1.807) is 0 Å². The summed E-state index contributed by atoms with van der Waals surface area (Å²) >= 11 is 0. The maximum absolute atomic E-state index is 7.01. The van der Waals surface area contributed by atoms with Crippen LogP contribution in [0.25, 0.3) is 89.0 Å². The number of rotatable bonds is 2. The summed E-state index contributed by atoms with van der Waals surface area (Å²) in [4.78, 5) is 0. The molecular formula is C68H40O. The van der Waals surface area contributed by atoms with Crippen LogP contribution in [-0.4, -0.2) is 0 Å². The van der Waals surface area contributed by atoms with Gasteiger partial charge in [0.2, 0.25) is 0 Å². The Bertz CT molecular complexity index is 3680. The minimum Gasteiger partial charge on any atom is -0.456 e. The van der Waals surface area contributed by atoms with Crippen molar-refractivity contribution < 1.29 is 4.74 Å². The van der Waals surface area contributed by atoms with E-state index < -0.39 is 10.8 Å². The molecule has 1 heterocycles. The van der Waals surface area contributed by atoms with Gasteiger partial charge in [-0.2, -0.15) is 0 Å². The van der Waals surface area contributed by atoms with Gasteiger partial charge in [0, 0.05) is 11.1 Å². The lowest BCUT2D eigenvalue weighted by Gasteiger charge is -2.30. The lowest BCUT2D eigenvalue weighted by molar-refractivity contribution is 0.488. The van der Waals surface area contributed by atoms with E-state index >= 15 is 0 Å². The summed E-state index contributed by atoms with van der Waals surface area (Å²) < 4.78 is 7.01. The highest BCUT2D eigenvalue weighted by atomic mass is 16.5. The molecule has 16 rings (SSSR count). The van der Waals surface area contributed by atoms with Gasteiger partial charge < -0.3 is 4.74 Å². The van der Waals surface area contributed by atoms with Gasteiger partial charge >= 0.3 is 0 Å². The molecule has 0 fully saturated rings. The molecule has 1 aliphatic heterocycles. The van der Waals surface area contributed by atoms with Crippen molar-refractivity contribution in [1.82, 2.24) is 0 Å². The van der Waals surface area contributed by atoms with E-state index in [0.29, 0.717) is 0 Å². The third kappa shape index (κ3) is 4.65. The highest BCUT2D eigenvalue weighted by Gasteiger charge is 2.53. The van der Waals surface area contributed by atoms with E-state index in [1.807, 2.05) is 0 Å². The minimum atomic E-state index is -0.397. The van der Waals surface area contributed by atoms with Crippen LogP contribution < -0.4 is 4.74 Å². The normalized spacial score (nSPS) is 14.4. The van der Waals surface area contributed by atoms with Gasteiger partial charge in [-0.25, -0.2) is 0 Å². The number of hydrogen-bond acceptors (Lipinski definition) is 1. The SMILES string of the molecule is c1ccc2c(c1)-c1cc(-c3ccc4c(c3)C3(c5ccccc5-c5ccccc53)c3ccccc3-4)ccc1Oc1ccc(-c3ccc4c(c3)C3(c5ccccc5-c5ccccc53)c3ccccc3-4)cc1-2. The molecular weight excluding hydrogens is 833 g/mol. The second-order valence-electron chi connectivity index (χ2n) is 19.4. The molecule has 11 aromatic carbocycles. The van der Waals surface area contributed by atoms with Gasteiger partial charge in [0.05, 0.1) is 10.8 Å². The van der Waals surface area contributed by atoms with Crippen molar-refractivity contribution in [3.05, 3.63) is 287 Å². The van der Waals surface area contributed by atoms with Gasteiger partial charge in [0.25, 0.3) is 0 Å². The molecule has 0 radical (unpaired) electrons. The molecule has 11 aromatic rings. The lowest BCUT2D eigenvalue weighted by atomic mass is 9.70. The summed E-state index contributed by atoms with van der Waals surface area (Å²) in [5, 5.41) is 0. The van der Waals surface area contributed by atoms with Crippen LogP contribution in [0, 0.1) is 0 Å². The number of fused-ring (bicyclic) bond motifs is 25. The largest absolute Gasteiger partial charge is 0.456 e. The van der Waals surface area contributed by atoms with Crippen LogP contribution in [0.5, 0.6) is 11.5 Å². The molecule has 0 saturated heterocycles. The predicted octanol–water partition coefficient (Wildman–Crippen LogP) is 17.1. The Hall–Kier alpha value is -8.78. The average Bonchev–Trinajstić information content (AvgIpc) is 4.07. The van der Waals surface area contributed by atoms with Crippen LogP contribution in [0.1, 0.15) is 44.5 Å². The number of ether oxygens (including phenoxy) is 1. The molecule has 0 aromatic heterocycles. The quantitative estimate of drug-likeness (QED) is 0.168. The molecule has 4 aliphatic carbocycles. The fourth-order valence-corrected chi connectivity index (χ4v) is 13.6. The Balaban J connectivity index is 0.829. The zero-order chi connectivity index (χ0) is 45.0. The van der Waals surface area contributed by atoms with Gasteiger partial charge in [-0.3, -0.25) is 0 Å². The van der Waals surface area contributed by atoms with Crippen molar-refractivity contribution in [3.63, 3.8) is 0 Å². The first-order valence-electron chi connectivity index (χ1n) is 24.2. The van der Waals surface area contributed by atoms with Gasteiger partial charge in [-0.05, 0) is 159 Å². The summed E-state index contributed by atoms with van der Waals surface area (Å²) in [6, 6.07) is 90.9. The average molecular weight is 873 g/mol. The zero-order valence-corrected chi connectivity index (χ0v) is 37.5. The van der Waals surface area contributed by atoms with E-state index in [4.69, 9.17) is 4.74 Å². The molecule has 0 bridgehead atoms. The summed E-state index contributed by atoms with van der Waals surface area (Å²) in [7, 11) is 0. The molecule has 2 spiro atoms. The Labute approximate surface area is 401 Å². The molecule has 0 amide bonds. The summed E-state index contributed by atoms with van der Waals surface area (Å²) in [6.45, 7) is 0.